The van der Waals surface area contributed by atoms with E-state index in [2.05, 4.69) is 4.98 Å². The molecule has 0 saturated carbocycles. The predicted molar refractivity (Wildman–Crippen MR) is 75.5 cm³/mol. The van der Waals surface area contributed by atoms with Gasteiger partial charge in [0.05, 0.1) is 12.1 Å². The summed E-state index contributed by atoms with van der Waals surface area (Å²) in [5, 5.41) is 10.9. The lowest BCUT2D eigenvalue weighted by atomic mass is 10.00. The number of aliphatic hydroxyl groups excluding tert-OH is 1. The molecular weight excluding hydrogens is 264 g/mol. The summed E-state index contributed by atoms with van der Waals surface area (Å²) in [6.45, 7) is 1.88. The lowest BCUT2D eigenvalue weighted by Crippen LogP contribution is -2.08. The predicted octanol–water partition coefficient (Wildman–Crippen LogP) is 2.72. The number of halogens is 1. The number of aromatic nitrogens is 1. The van der Waals surface area contributed by atoms with Crippen LogP contribution in [0, 0.1) is 6.92 Å². The first-order valence-corrected chi connectivity index (χ1v) is 6.15. The van der Waals surface area contributed by atoms with E-state index in [1.54, 1.807) is 30.5 Å². The van der Waals surface area contributed by atoms with Crippen molar-refractivity contribution in [2.75, 3.05) is 12.8 Å². The minimum absolute atomic E-state index is 0.278. The van der Waals surface area contributed by atoms with Gasteiger partial charge >= 0.3 is 0 Å². The van der Waals surface area contributed by atoms with Gasteiger partial charge in [-0.05, 0) is 30.7 Å². The summed E-state index contributed by atoms with van der Waals surface area (Å²) in [5.41, 5.74) is 7.74. The first-order chi connectivity index (χ1) is 9.04. The zero-order chi connectivity index (χ0) is 14.0. The van der Waals surface area contributed by atoms with Crippen LogP contribution in [0.15, 0.2) is 30.5 Å². The third kappa shape index (κ3) is 2.64. The molecule has 0 bridgehead atoms. The van der Waals surface area contributed by atoms with Gasteiger partial charge in [-0.1, -0.05) is 17.7 Å². The van der Waals surface area contributed by atoms with Gasteiger partial charge < -0.3 is 15.6 Å². The van der Waals surface area contributed by atoms with Crippen molar-refractivity contribution in [3.05, 3.63) is 52.2 Å². The number of aliphatic hydroxyl groups is 1. The van der Waals surface area contributed by atoms with Crippen molar-refractivity contribution in [1.29, 1.82) is 0 Å². The maximum absolute atomic E-state index is 10.5. The van der Waals surface area contributed by atoms with Crippen LogP contribution < -0.4 is 10.5 Å². The molecule has 1 aromatic carbocycles. The first kappa shape index (κ1) is 13.6. The molecule has 1 heterocycles. The Morgan fingerprint density at radius 1 is 1.42 bits per heavy atom. The first-order valence-electron chi connectivity index (χ1n) is 5.77. The molecular formula is C14H15ClN2O2. The molecule has 1 unspecified atom stereocenters. The number of benzene rings is 1. The second-order valence-electron chi connectivity index (χ2n) is 4.25. The Morgan fingerprint density at radius 2 is 2.16 bits per heavy atom. The van der Waals surface area contributed by atoms with E-state index in [0.29, 0.717) is 21.9 Å². The number of rotatable bonds is 3. The molecule has 1 aromatic heterocycles. The number of pyridine rings is 1. The Labute approximate surface area is 116 Å². The molecule has 0 aliphatic carbocycles. The molecule has 0 amide bonds. The minimum atomic E-state index is -0.976. The van der Waals surface area contributed by atoms with E-state index >= 15 is 0 Å². The number of methoxy groups -OCH3 is 1. The zero-order valence-corrected chi connectivity index (χ0v) is 11.5. The molecule has 5 heteroatoms. The topological polar surface area (TPSA) is 68.4 Å². The van der Waals surface area contributed by atoms with E-state index in [0.717, 1.165) is 5.56 Å². The Morgan fingerprint density at radius 3 is 2.84 bits per heavy atom. The number of hydrogen-bond acceptors (Lipinski definition) is 4. The summed E-state index contributed by atoms with van der Waals surface area (Å²) in [7, 11) is 1.53. The molecule has 4 nitrogen and oxygen atoms in total. The molecule has 0 aliphatic heterocycles. The standard InChI is InChI=1S/C14H15ClN2O2/c1-8-6-9(14(16)17-7-8)13(18)12-10(15)4-3-5-11(12)19-2/h3-7,13,18H,1-2H3,(H2,16,17). The second-order valence-corrected chi connectivity index (χ2v) is 4.65. The second kappa shape index (κ2) is 5.47. The molecule has 2 rings (SSSR count). The number of anilines is 1. The monoisotopic (exact) mass is 278 g/mol. The maximum Gasteiger partial charge on any atom is 0.129 e. The highest BCUT2D eigenvalue weighted by molar-refractivity contribution is 6.31. The van der Waals surface area contributed by atoms with Gasteiger partial charge in [-0.2, -0.15) is 0 Å². The van der Waals surface area contributed by atoms with Gasteiger partial charge in [-0.3, -0.25) is 0 Å². The average molecular weight is 279 g/mol. The normalized spacial score (nSPS) is 12.2. The quantitative estimate of drug-likeness (QED) is 0.906. The van der Waals surface area contributed by atoms with Gasteiger partial charge in [0.2, 0.25) is 0 Å². The third-order valence-corrected chi connectivity index (χ3v) is 3.22. The number of nitrogen functional groups attached to an aromatic ring is 1. The van der Waals surface area contributed by atoms with Gasteiger partial charge in [0, 0.05) is 17.3 Å². The van der Waals surface area contributed by atoms with Crippen molar-refractivity contribution in [3.8, 4) is 5.75 Å². The lowest BCUT2D eigenvalue weighted by Gasteiger charge is -2.18. The van der Waals surface area contributed by atoms with Crippen molar-refractivity contribution in [3.63, 3.8) is 0 Å². The lowest BCUT2D eigenvalue weighted by molar-refractivity contribution is 0.215. The van der Waals surface area contributed by atoms with Crippen LogP contribution in [-0.2, 0) is 0 Å². The van der Waals surface area contributed by atoms with E-state index in [4.69, 9.17) is 22.1 Å². The summed E-state index contributed by atoms with van der Waals surface area (Å²) >= 11 is 6.14. The molecule has 0 radical (unpaired) electrons. The van der Waals surface area contributed by atoms with Crippen molar-refractivity contribution < 1.29 is 9.84 Å². The molecule has 0 saturated heterocycles. The minimum Gasteiger partial charge on any atom is -0.496 e. The van der Waals surface area contributed by atoms with Gasteiger partial charge in [-0.15, -0.1) is 0 Å². The number of nitrogens with two attached hydrogens (primary N) is 1. The Bertz CT molecular complexity index is 602. The smallest absolute Gasteiger partial charge is 0.129 e. The molecule has 3 N–H and O–H groups in total. The van der Waals surface area contributed by atoms with E-state index in [1.807, 2.05) is 6.92 Å². The highest BCUT2D eigenvalue weighted by atomic mass is 35.5. The van der Waals surface area contributed by atoms with Gasteiger partial charge in [0.1, 0.15) is 17.7 Å². The van der Waals surface area contributed by atoms with E-state index in [9.17, 15) is 5.11 Å². The molecule has 0 spiro atoms. The van der Waals surface area contributed by atoms with Crippen molar-refractivity contribution in [2.24, 2.45) is 0 Å². The van der Waals surface area contributed by atoms with Crippen LogP contribution in [0.4, 0.5) is 5.82 Å². The van der Waals surface area contributed by atoms with Crippen LogP contribution in [0.2, 0.25) is 5.02 Å². The largest absolute Gasteiger partial charge is 0.496 e. The molecule has 2 aromatic rings. The molecule has 1 atom stereocenters. The van der Waals surface area contributed by atoms with Gasteiger partial charge in [0.15, 0.2) is 0 Å². The Hall–Kier alpha value is -1.78. The Kier molecular flexibility index (Phi) is 3.93. The SMILES string of the molecule is COc1cccc(Cl)c1C(O)c1cc(C)cnc1N. The fraction of sp³-hybridized carbons (Fsp3) is 0.214. The summed E-state index contributed by atoms with van der Waals surface area (Å²) < 4.78 is 5.23. The van der Waals surface area contributed by atoms with Crippen molar-refractivity contribution >= 4 is 17.4 Å². The van der Waals surface area contributed by atoms with Gasteiger partial charge in [0.25, 0.3) is 0 Å². The zero-order valence-electron chi connectivity index (χ0n) is 10.7. The molecule has 0 aliphatic rings. The maximum atomic E-state index is 10.5. The van der Waals surface area contributed by atoms with E-state index < -0.39 is 6.10 Å². The fourth-order valence-electron chi connectivity index (χ4n) is 1.94. The Balaban J connectivity index is 2.55. The summed E-state index contributed by atoms with van der Waals surface area (Å²) in [4.78, 5) is 4.04. The number of hydrogen-bond donors (Lipinski definition) is 2. The summed E-state index contributed by atoms with van der Waals surface area (Å²) in [5.74, 6) is 0.793. The van der Waals surface area contributed by atoms with Crippen LogP contribution in [0.25, 0.3) is 0 Å². The number of aryl methyl sites for hydroxylation is 1. The van der Waals surface area contributed by atoms with E-state index in [-0.39, 0.29) is 5.82 Å². The van der Waals surface area contributed by atoms with Gasteiger partial charge in [-0.25, -0.2) is 4.98 Å². The highest BCUT2D eigenvalue weighted by Gasteiger charge is 2.21. The van der Waals surface area contributed by atoms with Crippen LogP contribution in [-0.4, -0.2) is 17.2 Å². The molecule has 0 fully saturated rings. The molecule has 100 valence electrons. The number of ether oxygens (including phenoxy) is 1. The van der Waals surface area contributed by atoms with Crippen LogP contribution >= 0.6 is 11.6 Å². The molecule has 19 heavy (non-hydrogen) atoms. The summed E-state index contributed by atoms with van der Waals surface area (Å²) in [6, 6.07) is 6.98. The van der Waals surface area contributed by atoms with Crippen LogP contribution in [0.3, 0.4) is 0 Å². The van der Waals surface area contributed by atoms with Crippen LogP contribution in [0.5, 0.6) is 5.75 Å². The summed E-state index contributed by atoms with van der Waals surface area (Å²) in [6.07, 6.45) is 0.672. The number of nitrogens with zero attached hydrogens (tertiary/aromatic N) is 1. The highest BCUT2D eigenvalue weighted by Crippen LogP contribution is 2.37. The average Bonchev–Trinajstić information content (AvgIpc) is 2.40. The van der Waals surface area contributed by atoms with Crippen molar-refractivity contribution in [2.45, 2.75) is 13.0 Å². The van der Waals surface area contributed by atoms with E-state index in [1.165, 1.54) is 7.11 Å². The third-order valence-electron chi connectivity index (χ3n) is 2.89. The fourth-order valence-corrected chi connectivity index (χ4v) is 2.21. The van der Waals surface area contributed by atoms with Crippen LogP contribution in [0.1, 0.15) is 22.8 Å². The van der Waals surface area contributed by atoms with Crippen molar-refractivity contribution in [1.82, 2.24) is 4.98 Å².